The highest BCUT2D eigenvalue weighted by Gasteiger charge is 2.14. The van der Waals surface area contributed by atoms with E-state index in [1.165, 1.54) is 12.1 Å². The lowest BCUT2D eigenvalue weighted by molar-refractivity contribution is 0.185. The Balaban J connectivity index is 1.83. The zero-order valence-electron chi connectivity index (χ0n) is 12.6. The van der Waals surface area contributed by atoms with E-state index in [1.807, 2.05) is 19.2 Å². The third kappa shape index (κ3) is 4.33. The minimum atomic E-state index is -3.66. The second-order valence-electron chi connectivity index (χ2n) is 5.04. The van der Waals surface area contributed by atoms with Gasteiger partial charge in [0.05, 0.1) is 17.2 Å². The molecule has 6 nitrogen and oxygen atoms in total. The van der Waals surface area contributed by atoms with Gasteiger partial charge in [0.1, 0.15) is 18.1 Å². The number of hydrogen-bond donors (Lipinski definition) is 1. The van der Waals surface area contributed by atoms with Gasteiger partial charge in [-0.3, -0.25) is 4.90 Å². The Kier molecular flexibility index (Phi) is 5.23. The third-order valence-electron chi connectivity index (χ3n) is 3.48. The SMILES string of the molecule is C[C@H](c1ccco1)N(C)CCOc1ccc(S(N)(=O)=O)cc1. The highest BCUT2D eigenvalue weighted by molar-refractivity contribution is 7.89. The number of nitrogens with zero attached hydrogens (tertiary/aromatic N) is 1. The Bertz CT molecular complexity index is 681. The minimum Gasteiger partial charge on any atom is -0.492 e. The first-order chi connectivity index (χ1) is 10.4. The summed E-state index contributed by atoms with van der Waals surface area (Å²) >= 11 is 0. The van der Waals surface area contributed by atoms with Gasteiger partial charge in [-0.2, -0.15) is 0 Å². The molecule has 120 valence electrons. The van der Waals surface area contributed by atoms with Crippen molar-refractivity contribution in [2.45, 2.75) is 17.9 Å². The first-order valence-corrected chi connectivity index (χ1v) is 8.42. The molecule has 1 aromatic heterocycles. The van der Waals surface area contributed by atoms with Gasteiger partial charge in [-0.05, 0) is 50.4 Å². The number of rotatable bonds is 7. The molecule has 0 aliphatic rings. The Morgan fingerprint density at radius 3 is 2.50 bits per heavy atom. The van der Waals surface area contributed by atoms with Crippen LogP contribution in [0.1, 0.15) is 18.7 Å². The average Bonchev–Trinajstić information content (AvgIpc) is 3.00. The number of ether oxygens (including phenoxy) is 1. The molecule has 0 bridgehead atoms. The molecule has 0 radical (unpaired) electrons. The molecule has 0 aliphatic heterocycles. The molecular weight excluding hydrogens is 304 g/mol. The van der Waals surface area contributed by atoms with Gasteiger partial charge < -0.3 is 9.15 Å². The number of furan rings is 1. The highest BCUT2D eigenvalue weighted by Crippen LogP contribution is 2.19. The van der Waals surface area contributed by atoms with Crippen molar-refractivity contribution >= 4 is 10.0 Å². The Morgan fingerprint density at radius 2 is 1.95 bits per heavy atom. The van der Waals surface area contributed by atoms with Gasteiger partial charge in [0.15, 0.2) is 0 Å². The van der Waals surface area contributed by atoms with E-state index in [9.17, 15) is 8.42 Å². The highest BCUT2D eigenvalue weighted by atomic mass is 32.2. The van der Waals surface area contributed by atoms with Gasteiger partial charge in [-0.25, -0.2) is 13.6 Å². The molecule has 22 heavy (non-hydrogen) atoms. The fourth-order valence-corrected chi connectivity index (χ4v) is 2.49. The Morgan fingerprint density at radius 1 is 1.27 bits per heavy atom. The summed E-state index contributed by atoms with van der Waals surface area (Å²) in [5.41, 5.74) is 0. The van der Waals surface area contributed by atoms with E-state index in [-0.39, 0.29) is 10.9 Å². The third-order valence-corrected chi connectivity index (χ3v) is 4.41. The van der Waals surface area contributed by atoms with E-state index in [0.717, 1.165) is 5.76 Å². The van der Waals surface area contributed by atoms with Gasteiger partial charge in [-0.1, -0.05) is 0 Å². The summed E-state index contributed by atoms with van der Waals surface area (Å²) in [6, 6.07) is 10.0. The second kappa shape index (κ2) is 6.95. The topological polar surface area (TPSA) is 85.8 Å². The molecule has 0 spiro atoms. The van der Waals surface area contributed by atoms with E-state index in [1.54, 1.807) is 18.4 Å². The van der Waals surface area contributed by atoms with Crippen LogP contribution < -0.4 is 9.88 Å². The lowest BCUT2D eigenvalue weighted by Gasteiger charge is -2.22. The van der Waals surface area contributed by atoms with Crippen molar-refractivity contribution in [3.05, 3.63) is 48.4 Å². The smallest absolute Gasteiger partial charge is 0.238 e. The second-order valence-corrected chi connectivity index (χ2v) is 6.60. The maximum absolute atomic E-state index is 11.2. The van der Waals surface area contributed by atoms with Crippen molar-refractivity contribution in [3.63, 3.8) is 0 Å². The molecule has 0 saturated heterocycles. The number of benzene rings is 1. The molecule has 2 aromatic rings. The fourth-order valence-electron chi connectivity index (χ4n) is 1.97. The van der Waals surface area contributed by atoms with Crippen LogP contribution in [0.5, 0.6) is 5.75 Å². The summed E-state index contributed by atoms with van der Waals surface area (Å²) in [4.78, 5) is 2.18. The summed E-state index contributed by atoms with van der Waals surface area (Å²) in [5.74, 6) is 1.51. The van der Waals surface area contributed by atoms with Crippen molar-refractivity contribution in [2.24, 2.45) is 5.14 Å². The van der Waals surface area contributed by atoms with Crippen molar-refractivity contribution in [1.29, 1.82) is 0 Å². The standard InChI is InChI=1S/C15H20N2O4S/c1-12(15-4-3-10-21-15)17(2)9-11-20-13-5-7-14(8-6-13)22(16,18)19/h3-8,10,12H,9,11H2,1-2H3,(H2,16,18,19)/t12-/m1/s1. The van der Waals surface area contributed by atoms with Gasteiger partial charge in [0.2, 0.25) is 10.0 Å². The quantitative estimate of drug-likeness (QED) is 0.842. The van der Waals surface area contributed by atoms with E-state index >= 15 is 0 Å². The molecule has 7 heteroatoms. The van der Waals surface area contributed by atoms with Crippen LogP contribution >= 0.6 is 0 Å². The van der Waals surface area contributed by atoms with Crippen molar-refractivity contribution in [1.82, 2.24) is 4.90 Å². The monoisotopic (exact) mass is 324 g/mol. The van der Waals surface area contributed by atoms with Gasteiger partial charge >= 0.3 is 0 Å². The maximum atomic E-state index is 11.2. The molecule has 0 amide bonds. The van der Waals surface area contributed by atoms with Crippen LogP contribution in [0.2, 0.25) is 0 Å². The summed E-state index contributed by atoms with van der Waals surface area (Å²) in [5, 5.41) is 5.04. The molecular formula is C15H20N2O4S. The number of hydrogen-bond acceptors (Lipinski definition) is 5. The Labute approximate surface area is 130 Å². The van der Waals surface area contributed by atoms with Crippen LogP contribution in [0, 0.1) is 0 Å². The van der Waals surface area contributed by atoms with E-state index < -0.39 is 10.0 Å². The molecule has 0 saturated carbocycles. The average molecular weight is 324 g/mol. The fraction of sp³-hybridized carbons (Fsp3) is 0.333. The number of primary sulfonamides is 1. The molecule has 0 aliphatic carbocycles. The number of likely N-dealkylation sites (N-methyl/N-ethyl adjacent to an activating group) is 1. The summed E-state index contributed by atoms with van der Waals surface area (Å²) in [7, 11) is -1.68. The molecule has 1 heterocycles. The molecule has 0 unspecified atom stereocenters. The van der Waals surface area contributed by atoms with Crippen molar-refractivity contribution in [3.8, 4) is 5.75 Å². The summed E-state index contributed by atoms with van der Waals surface area (Å²) in [6.07, 6.45) is 1.66. The van der Waals surface area contributed by atoms with Crippen LogP contribution in [-0.2, 0) is 10.0 Å². The van der Waals surface area contributed by atoms with Gasteiger partial charge in [0, 0.05) is 6.54 Å². The van der Waals surface area contributed by atoms with Crippen LogP contribution in [-0.4, -0.2) is 33.5 Å². The van der Waals surface area contributed by atoms with E-state index in [2.05, 4.69) is 11.8 Å². The largest absolute Gasteiger partial charge is 0.492 e. The van der Waals surface area contributed by atoms with Crippen molar-refractivity contribution < 1.29 is 17.6 Å². The Hall–Kier alpha value is -1.83. The molecule has 0 fully saturated rings. The predicted molar refractivity (Wildman–Crippen MR) is 83.1 cm³/mol. The molecule has 1 atom stereocenters. The zero-order valence-corrected chi connectivity index (χ0v) is 13.4. The summed E-state index contributed by atoms with van der Waals surface area (Å²) in [6.45, 7) is 3.24. The lowest BCUT2D eigenvalue weighted by Crippen LogP contribution is -2.27. The van der Waals surface area contributed by atoms with Crippen LogP contribution in [0.4, 0.5) is 0 Å². The summed E-state index contributed by atoms with van der Waals surface area (Å²) < 4.78 is 33.3. The normalized spacial score (nSPS) is 13.3. The van der Waals surface area contributed by atoms with Crippen LogP contribution in [0.15, 0.2) is 52.0 Å². The minimum absolute atomic E-state index is 0.0726. The van der Waals surface area contributed by atoms with Crippen LogP contribution in [0.3, 0.4) is 0 Å². The molecule has 2 N–H and O–H groups in total. The molecule has 2 rings (SSSR count). The van der Waals surface area contributed by atoms with E-state index in [4.69, 9.17) is 14.3 Å². The van der Waals surface area contributed by atoms with Gasteiger partial charge in [0.25, 0.3) is 0 Å². The first kappa shape index (κ1) is 16.5. The number of sulfonamides is 1. The maximum Gasteiger partial charge on any atom is 0.238 e. The van der Waals surface area contributed by atoms with Crippen molar-refractivity contribution in [2.75, 3.05) is 20.2 Å². The first-order valence-electron chi connectivity index (χ1n) is 6.87. The van der Waals surface area contributed by atoms with E-state index in [0.29, 0.717) is 18.9 Å². The van der Waals surface area contributed by atoms with Gasteiger partial charge in [-0.15, -0.1) is 0 Å². The molecule has 1 aromatic carbocycles. The van der Waals surface area contributed by atoms with Crippen LogP contribution in [0.25, 0.3) is 0 Å². The lowest BCUT2D eigenvalue weighted by atomic mass is 10.2. The zero-order chi connectivity index (χ0) is 16.2. The number of nitrogens with two attached hydrogens (primary N) is 1. The predicted octanol–water partition coefficient (Wildman–Crippen LogP) is 2.00.